The van der Waals surface area contributed by atoms with E-state index in [1.807, 2.05) is 20.8 Å². The van der Waals surface area contributed by atoms with Crippen molar-refractivity contribution in [2.45, 2.75) is 97.8 Å². The van der Waals surface area contributed by atoms with Gasteiger partial charge < -0.3 is 21.1 Å². The van der Waals surface area contributed by atoms with Crippen LogP contribution in [-0.2, 0) is 14.3 Å². The fourth-order valence-corrected chi connectivity index (χ4v) is 3.47. The molecule has 2 atom stereocenters. The molecule has 0 saturated heterocycles. The minimum absolute atomic E-state index is 0.00477. The van der Waals surface area contributed by atoms with Crippen molar-refractivity contribution in [3.8, 4) is 0 Å². The summed E-state index contributed by atoms with van der Waals surface area (Å²) >= 11 is 0. The van der Waals surface area contributed by atoms with Crippen LogP contribution >= 0.6 is 0 Å². The van der Waals surface area contributed by atoms with Crippen molar-refractivity contribution in [3.05, 3.63) is 0 Å². The molecule has 1 saturated carbocycles. The number of ether oxygens (including phenoxy) is 1. The summed E-state index contributed by atoms with van der Waals surface area (Å²) in [7, 11) is 0. The van der Waals surface area contributed by atoms with E-state index < -0.39 is 40.5 Å². The van der Waals surface area contributed by atoms with Crippen LogP contribution < -0.4 is 16.4 Å². The van der Waals surface area contributed by atoms with E-state index in [0.29, 0.717) is 0 Å². The summed E-state index contributed by atoms with van der Waals surface area (Å²) in [5, 5.41) is 5.51. The molecule has 7 heteroatoms. The maximum Gasteiger partial charge on any atom is 0.408 e. The van der Waals surface area contributed by atoms with E-state index in [-0.39, 0.29) is 5.92 Å². The lowest BCUT2D eigenvalue weighted by atomic mass is 9.74. The number of carbonyl (C=O) groups is 3. The molecule has 1 aliphatic carbocycles. The van der Waals surface area contributed by atoms with Gasteiger partial charge in [0.15, 0.2) is 0 Å². The number of primary amides is 1. The van der Waals surface area contributed by atoms with E-state index in [0.717, 1.165) is 32.1 Å². The Morgan fingerprint density at radius 2 is 1.48 bits per heavy atom. The molecule has 0 spiro atoms. The third kappa shape index (κ3) is 6.70. The molecule has 0 bridgehead atoms. The topological polar surface area (TPSA) is 111 Å². The van der Waals surface area contributed by atoms with Crippen LogP contribution in [0.1, 0.15) is 80.6 Å². The van der Waals surface area contributed by atoms with E-state index in [1.54, 1.807) is 27.7 Å². The summed E-state index contributed by atoms with van der Waals surface area (Å²) in [4.78, 5) is 37.5. The van der Waals surface area contributed by atoms with E-state index in [1.165, 1.54) is 0 Å². The first kappa shape index (κ1) is 23.2. The van der Waals surface area contributed by atoms with Crippen molar-refractivity contribution >= 4 is 17.9 Å². The van der Waals surface area contributed by atoms with Crippen LogP contribution in [0.4, 0.5) is 4.79 Å². The molecule has 0 aromatic heterocycles. The number of hydrogen-bond acceptors (Lipinski definition) is 4. The van der Waals surface area contributed by atoms with Gasteiger partial charge >= 0.3 is 6.09 Å². The third-order valence-electron chi connectivity index (χ3n) is 5.11. The zero-order chi connectivity index (χ0) is 21.0. The van der Waals surface area contributed by atoms with E-state index in [9.17, 15) is 14.4 Å². The molecular formula is C20H37N3O4. The van der Waals surface area contributed by atoms with E-state index in [4.69, 9.17) is 10.5 Å². The zero-order valence-corrected chi connectivity index (χ0v) is 17.9. The van der Waals surface area contributed by atoms with Gasteiger partial charge in [-0.05, 0) is 51.9 Å². The molecule has 1 rings (SSSR count). The van der Waals surface area contributed by atoms with Crippen molar-refractivity contribution < 1.29 is 19.1 Å². The lowest BCUT2D eigenvalue weighted by Gasteiger charge is -2.40. The van der Waals surface area contributed by atoms with Gasteiger partial charge in [0.25, 0.3) is 0 Å². The highest BCUT2D eigenvalue weighted by molar-refractivity contribution is 5.93. The summed E-state index contributed by atoms with van der Waals surface area (Å²) in [6.45, 7) is 12.5. The van der Waals surface area contributed by atoms with E-state index >= 15 is 0 Å². The molecule has 0 radical (unpaired) electrons. The number of nitrogens with one attached hydrogen (secondary N) is 2. The molecule has 2 unspecified atom stereocenters. The standard InChI is InChI=1S/C20H37N3O4/c1-18(2,3)14(22-17(26)27-19(4,5)6)15(24)23-20(7,16(21)25)13-11-9-8-10-12-13/h13-14H,8-12H2,1-7H3,(H2,21,25)(H,22,26)(H,23,24). The smallest absolute Gasteiger partial charge is 0.408 e. The Balaban J connectivity index is 2.99. The molecule has 0 heterocycles. The molecule has 4 N–H and O–H groups in total. The number of carbonyl (C=O) groups excluding carboxylic acids is 3. The van der Waals surface area contributed by atoms with Crippen LogP contribution in [0.2, 0.25) is 0 Å². The number of alkyl carbamates (subject to hydrolysis) is 1. The molecule has 156 valence electrons. The zero-order valence-electron chi connectivity index (χ0n) is 17.9. The molecule has 0 aliphatic heterocycles. The molecule has 7 nitrogen and oxygen atoms in total. The minimum Gasteiger partial charge on any atom is -0.444 e. The fraction of sp³-hybridized carbons (Fsp3) is 0.850. The molecular weight excluding hydrogens is 346 g/mol. The monoisotopic (exact) mass is 383 g/mol. The van der Waals surface area contributed by atoms with Gasteiger partial charge in [0.2, 0.25) is 11.8 Å². The van der Waals surface area contributed by atoms with Crippen LogP contribution in [0.5, 0.6) is 0 Å². The van der Waals surface area contributed by atoms with Gasteiger partial charge in [-0.15, -0.1) is 0 Å². The Hall–Kier alpha value is -1.79. The van der Waals surface area contributed by atoms with Gasteiger partial charge in [0, 0.05) is 0 Å². The highest BCUT2D eigenvalue weighted by Crippen LogP contribution is 2.33. The fourth-order valence-electron chi connectivity index (χ4n) is 3.47. The number of nitrogens with two attached hydrogens (primary N) is 1. The maximum atomic E-state index is 13.1. The molecule has 0 aromatic rings. The second kappa shape index (κ2) is 8.48. The summed E-state index contributed by atoms with van der Waals surface area (Å²) < 4.78 is 5.29. The Morgan fingerprint density at radius 1 is 0.963 bits per heavy atom. The maximum absolute atomic E-state index is 13.1. The highest BCUT2D eigenvalue weighted by Gasteiger charge is 2.44. The number of amides is 3. The van der Waals surface area contributed by atoms with Gasteiger partial charge in [-0.3, -0.25) is 9.59 Å². The Bertz CT molecular complexity index is 557. The first-order valence-corrected chi connectivity index (χ1v) is 9.78. The second-order valence-corrected chi connectivity index (χ2v) is 9.84. The lowest BCUT2D eigenvalue weighted by molar-refractivity contribution is -0.136. The van der Waals surface area contributed by atoms with Crippen LogP contribution in [0, 0.1) is 11.3 Å². The van der Waals surface area contributed by atoms with Gasteiger partial charge in [0.1, 0.15) is 17.2 Å². The molecule has 0 aromatic carbocycles. The average molecular weight is 384 g/mol. The summed E-state index contributed by atoms with van der Waals surface area (Å²) in [5.74, 6) is -0.984. The van der Waals surface area contributed by atoms with Crippen LogP contribution in [-0.4, -0.2) is 35.1 Å². The average Bonchev–Trinajstić information content (AvgIpc) is 2.50. The van der Waals surface area contributed by atoms with Crippen molar-refractivity contribution in [1.29, 1.82) is 0 Å². The van der Waals surface area contributed by atoms with Crippen molar-refractivity contribution in [1.82, 2.24) is 10.6 Å². The predicted molar refractivity (Wildman–Crippen MR) is 105 cm³/mol. The summed E-state index contributed by atoms with van der Waals surface area (Å²) in [6, 6.07) is -0.866. The molecule has 1 aliphatic rings. The second-order valence-electron chi connectivity index (χ2n) is 9.84. The van der Waals surface area contributed by atoms with Crippen LogP contribution in [0.3, 0.4) is 0 Å². The predicted octanol–water partition coefficient (Wildman–Crippen LogP) is 2.87. The molecule has 27 heavy (non-hydrogen) atoms. The largest absolute Gasteiger partial charge is 0.444 e. The van der Waals surface area contributed by atoms with Gasteiger partial charge in [0.05, 0.1) is 0 Å². The third-order valence-corrected chi connectivity index (χ3v) is 5.11. The summed E-state index contributed by atoms with van der Waals surface area (Å²) in [6.07, 6.45) is 4.18. The normalized spacial score (nSPS) is 19.5. The Kier molecular flexibility index (Phi) is 7.30. The van der Waals surface area contributed by atoms with Crippen molar-refractivity contribution in [2.75, 3.05) is 0 Å². The minimum atomic E-state index is -1.14. The Labute approximate surface area is 163 Å². The highest BCUT2D eigenvalue weighted by atomic mass is 16.6. The van der Waals surface area contributed by atoms with Crippen molar-refractivity contribution in [2.24, 2.45) is 17.1 Å². The van der Waals surface area contributed by atoms with E-state index in [2.05, 4.69) is 10.6 Å². The van der Waals surface area contributed by atoms with Crippen LogP contribution in [0.15, 0.2) is 0 Å². The first-order chi connectivity index (χ1) is 12.2. The number of hydrogen-bond donors (Lipinski definition) is 3. The van der Waals surface area contributed by atoms with Gasteiger partial charge in [-0.25, -0.2) is 4.79 Å². The first-order valence-electron chi connectivity index (χ1n) is 9.78. The quantitative estimate of drug-likeness (QED) is 0.678. The number of rotatable bonds is 5. The summed E-state index contributed by atoms with van der Waals surface area (Å²) in [5.41, 5.74) is 3.28. The lowest BCUT2D eigenvalue weighted by Crippen LogP contribution is -2.65. The van der Waals surface area contributed by atoms with Gasteiger partial charge in [-0.2, -0.15) is 0 Å². The van der Waals surface area contributed by atoms with Gasteiger partial charge in [-0.1, -0.05) is 40.0 Å². The molecule has 1 fully saturated rings. The molecule has 3 amide bonds. The van der Waals surface area contributed by atoms with Crippen LogP contribution in [0.25, 0.3) is 0 Å². The van der Waals surface area contributed by atoms with Crippen molar-refractivity contribution in [3.63, 3.8) is 0 Å². The Morgan fingerprint density at radius 3 is 1.89 bits per heavy atom. The SMILES string of the molecule is CC(C)(C)OC(=O)NC(C(=O)NC(C)(C(N)=O)C1CCCCC1)C(C)(C)C.